The number of carbonyl (C=O) groups excluding carboxylic acids is 2. The highest BCUT2D eigenvalue weighted by Gasteiger charge is 2.21. The van der Waals surface area contributed by atoms with E-state index in [9.17, 15) is 9.59 Å². The molecule has 2 atom stereocenters. The highest BCUT2D eigenvalue weighted by atomic mass is 32.2. The van der Waals surface area contributed by atoms with Crippen molar-refractivity contribution >= 4 is 45.2 Å². The van der Waals surface area contributed by atoms with Crippen molar-refractivity contribution in [2.45, 2.75) is 64.6 Å². The van der Waals surface area contributed by atoms with Crippen molar-refractivity contribution in [1.82, 2.24) is 0 Å². The van der Waals surface area contributed by atoms with Gasteiger partial charge in [-0.3, -0.25) is 0 Å². The zero-order chi connectivity index (χ0) is 28.5. The van der Waals surface area contributed by atoms with Crippen molar-refractivity contribution in [1.29, 1.82) is 0 Å². The van der Waals surface area contributed by atoms with Gasteiger partial charge in [-0.1, -0.05) is 58.2 Å². The molecule has 3 rings (SSSR count). The number of hydrogen-bond acceptors (Lipinski definition) is 7. The summed E-state index contributed by atoms with van der Waals surface area (Å²) < 4.78 is 24.0. The van der Waals surface area contributed by atoms with Crippen molar-refractivity contribution < 1.29 is 28.5 Å². The minimum absolute atomic E-state index is 0.203. The van der Waals surface area contributed by atoms with Crippen LogP contribution in [0.15, 0.2) is 71.7 Å². The molecule has 0 fully saturated rings. The molecule has 0 spiro atoms. The van der Waals surface area contributed by atoms with E-state index in [-0.39, 0.29) is 13.2 Å². The van der Waals surface area contributed by atoms with E-state index >= 15 is 0 Å². The summed E-state index contributed by atoms with van der Waals surface area (Å²) in [7, 11) is 0. The summed E-state index contributed by atoms with van der Waals surface area (Å²) in [6.45, 7) is 17.0. The van der Waals surface area contributed by atoms with Crippen LogP contribution in [0.5, 0.6) is 11.5 Å². The van der Waals surface area contributed by atoms with E-state index in [0.717, 1.165) is 32.2 Å². The number of fused-ring (bicyclic) bond motifs is 2. The summed E-state index contributed by atoms with van der Waals surface area (Å²) in [6.07, 6.45) is 0.380. The van der Waals surface area contributed by atoms with Crippen molar-refractivity contribution in [2.75, 3.05) is 19.0 Å². The summed E-state index contributed by atoms with van der Waals surface area (Å²) in [4.78, 5) is 25.4. The van der Waals surface area contributed by atoms with Gasteiger partial charge in [-0.25, -0.2) is 9.59 Å². The van der Waals surface area contributed by atoms with Gasteiger partial charge in [0.2, 0.25) is 0 Å². The van der Waals surface area contributed by atoms with Crippen molar-refractivity contribution in [3.05, 3.63) is 66.8 Å². The van der Waals surface area contributed by atoms with Gasteiger partial charge in [-0.05, 0) is 50.6 Å². The minimum Gasteiger partial charge on any atom is -0.488 e. The average molecular weight is 551 g/mol. The standard InChI is InChI=1S/C32H38O6S/c1-8-22(37-31(33)20(4)5)18-35-29-25-13-11-12-14-26(25)30(28-17-24(39-10-3)15-16-27(28)29)36-19-23(9-2)38-32(34)21(6)7/h11-17,22-23H,4,6,8-10,18-19H2,1-3,5,7H3. The molecule has 0 bridgehead atoms. The Bertz CT molecular complexity index is 1360. The molecule has 0 saturated carbocycles. The zero-order valence-electron chi connectivity index (χ0n) is 23.5. The highest BCUT2D eigenvalue weighted by molar-refractivity contribution is 7.99. The molecule has 0 amide bonds. The lowest BCUT2D eigenvalue weighted by molar-refractivity contribution is -0.146. The van der Waals surface area contributed by atoms with Gasteiger partial charge >= 0.3 is 11.9 Å². The van der Waals surface area contributed by atoms with Gasteiger partial charge < -0.3 is 18.9 Å². The molecule has 3 aromatic carbocycles. The molecular weight excluding hydrogens is 512 g/mol. The number of thioether (sulfide) groups is 1. The lowest BCUT2D eigenvalue weighted by Gasteiger charge is -2.22. The SMILES string of the molecule is C=C(C)C(=O)OC(CC)COc1c2ccccc2c(OCC(CC)OC(=O)C(=C)C)c2cc(SCC)ccc12. The van der Waals surface area contributed by atoms with Gasteiger partial charge in [-0.15, -0.1) is 11.8 Å². The Labute approximate surface area is 235 Å². The van der Waals surface area contributed by atoms with E-state index < -0.39 is 24.1 Å². The van der Waals surface area contributed by atoms with Crippen LogP contribution in [-0.2, 0) is 19.1 Å². The Kier molecular flexibility index (Phi) is 10.9. The van der Waals surface area contributed by atoms with E-state index in [1.54, 1.807) is 25.6 Å². The maximum Gasteiger partial charge on any atom is 0.333 e. The Morgan fingerprint density at radius 3 is 1.64 bits per heavy atom. The first-order valence-electron chi connectivity index (χ1n) is 13.3. The number of carbonyl (C=O) groups is 2. The van der Waals surface area contributed by atoms with E-state index in [1.807, 2.05) is 44.2 Å². The molecule has 0 aliphatic heterocycles. The first kappa shape index (κ1) is 30.1. The minimum atomic E-state index is -0.428. The van der Waals surface area contributed by atoms with E-state index in [2.05, 4.69) is 32.2 Å². The third kappa shape index (κ3) is 7.57. The van der Waals surface area contributed by atoms with Gasteiger partial charge in [0.25, 0.3) is 0 Å². The van der Waals surface area contributed by atoms with Crippen LogP contribution in [-0.4, -0.2) is 43.1 Å². The second kappa shape index (κ2) is 14.1. The Morgan fingerprint density at radius 1 is 0.744 bits per heavy atom. The smallest absolute Gasteiger partial charge is 0.333 e. The van der Waals surface area contributed by atoms with Gasteiger partial charge in [0.15, 0.2) is 0 Å². The Hall–Kier alpha value is -3.45. The zero-order valence-corrected chi connectivity index (χ0v) is 24.3. The largest absolute Gasteiger partial charge is 0.488 e. The monoisotopic (exact) mass is 550 g/mol. The molecule has 0 saturated heterocycles. The summed E-state index contributed by atoms with van der Waals surface area (Å²) >= 11 is 1.74. The Morgan fingerprint density at radius 2 is 1.21 bits per heavy atom. The first-order chi connectivity index (χ1) is 18.7. The van der Waals surface area contributed by atoms with Crippen molar-refractivity contribution in [3.8, 4) is 11.5 Å². The summed E-state index contributed by atoms with van der Waals surface area (Å²) in [5.74, 6) is 1.48. The second-order valence-corrected chi connectivity index (χ2v) is 10.7. The van der Waals surface area contributed by atoms with E-state index in [1.165, 1.54) is 0 Å². The fraction of sp³-hybridized carbons (Fsp3) is 0.375. The molecule has 2 unspecified atom stereocenters. The van der Waals surface area contributed by atoms with E-state index in [0.29, 0.717) is 35.5 Å². The third-order valence-electron chi connectivity index (χ3n) is 6.19. The third-order valence-corrected chi connectivity index (χ3v) is 7.07. The lowest BCUT2D eigenvalue weighted by atomic mass is 10.0. The number of rotatable bonds is 14. The molecular formula is C32H38O6S. The maximum atomic E-state index is 12.1. The van der Waals surface area contributed by atoms with Gasteiger partial charge in [-0.2, -0.15) is 0 Å². The van der Waals surface area contributed by atoms with Gasteiger partial charge in [0, 0.05) is 37.6 Å². The first-order valence-corrected chi connectivity index (χ1v) is 14.3. The molecule has 0 radical (unpaired) electrons. The van der Waals surface area contributed by atoms with Crippen molar-refractivity contribution in [3.63, 3.8) is 0 Å². The Balaban J connectivity index is 2.06. The number of ether oxygens (including phenoxy) is 4. The quantitative estimate of drug-likeness (QED) is 0.0883. The molecule has 0 aliphatic carbocycles. The molecule has 0 aromatic heterocycles. The maximum absolute atomic E-state index is 12.1. The van der Waals surface area contributed by atoms with Crippen LogP contribution in [0.25, 0.3) is 21.5 Å². The molecule has 208 valence electrons. The molecule has 0 aliphatic rings. The normalized spacial score (nSPS) is 12.5. The van der Waals surface area contributed by atoms with Crippen LogP contribution in [0, 0.1) is 0 Å². The number of esters is 2. The number of hydrogen-bond donors (Lipinski definition) is 0. The molecule has 3 aromatic rings. The molecule has 0 heterocycles. The number of benzene rings is 3. The fourth-order valence-electron chi connectivity index (χ4n) is 3.97. The predicted molar refractivity (Wildman–Crippen MR) is 159 cm³/mol. The molecule has 0 N–H and O–H groups in total. The van der Waals surface area contributed by atoms with Crippen molar-refractivity contribution in [2.24, 2.45) is 0 Å². The fourth-order valence-corrected chi connectivity index (χ4v) is 4.67. The molecule has 6 nitrogen and oxygen atoms in total. The van der Waals surface area contributed by atoms with E-state index in [4.69, 9.17) is 18.9 Å². The highest BCUT2D eigenvalue weighted by Crippen LogP contribution is 2.44. The van der Waals surface area contributed by atoms with Crippen LogP contribution in [0.2, 0.25) is 0 Å². The van der Waals surface area contributed by atoms with Crippen LogP contribution in [0.4, 0.5) is 0 Å². The van der Waals surface area contributed by atoms with Crippen LogP contribution in [0.3, 0.4) is 0 Å². The van der Waals surface area contributed by atoms with Gasteiger partial charge in [0.1, 0.15) is 36.9 Å². The van der Waals surface area contributed by atoms with Crippen LogP contribution < -0.4 is 9.47 Å². The summed E-state index contributed by atoms with van der Waals surface area (Å²) in [5, 5.41) is 3.54. The van der Waals surface area contributed by atoms with Gasteiger partial charge in [0.05, 0.1) is 0 Å². The average Bonchev–Trinajstić information content (AvgIpc) is 2.92. The predicted octanol–water partition coefficient (Wildman–Crippen LogP) is 7.66. The molecule has 7 heteroatoms. The molecule has 39 heavy (non-hydrogen) atoms. The second-order valence-electron chi connectivity index (χ2n) is 9.40. The lowest BCUT2D eigenvalue weighted by Crippen LogP contribution is -2.25. The summed E-state index contributed by atoms with van der Waals surface area (Å²) in [6, 6.07) is 14.1. The topological polar surface area (TPSA) is 71.1 Å². The van der Waals surface area contributed by atoms with Crippen LogP contribution in [0.1, 0.15) is 47.5 Å². The summed E-state index contributed by atoms with van der Waals surface area (Å²) in [5.41, 5.74) is 0.706. The van der Waals surface area contributed by atoms with Crippen LogP contribution >= 0.6 is 11.8 Å².